The summed E-state index contributed by atoms with van der Waals surface area (Å²) in [6.07, 6.45) is 8.24. The number of carbonyl (C=O) groups is 3. The third-order valence-corrected chi connectivity index (χ3v) is 9.60. The molecule has 3 aromatic carbocycles. The summed E-state index contributed by atoms with van der Waals surface area (Å²) in [6, 6.07) is 26.2. The van der Waals surface area contributed by atoms with E-state index in [1.165, 1.54) is 4.90 Å². The van der Waals surface area contributed by atoms with E-state index in [9.17, 15) is 14.4 Å². The van der Waals surface area contributed by atoms with Gasteiger partial charge in [0.05, 0.1) is 27.5 Å². The van der Waals surface area contributed by atoms with Gasteiger partial charge in [-0.25, -0.2) is 0 Å². The van der Waals surface area contributed by atoms with Crippen molar-refractivity contribution in [3.63, 3.8) is 0 Å². The molecule has 1 aliphatic rings. The molecule has 1 aliphatic heterocycles. The number of nitrogens with one attached hydrogen (secondary N) is 1. The minimum Gasteiger partial charge on any atom is -0.344 e. The van der Waals surface area contributed by atoms with Crippen molar-refractivity contribution in [3.8, 4) is 5.69 Å². The van der Waals surface area contributed by atoms with Crippen LogP contribution in [-0.4, -0.2) is 38.1 Å². The second-order valence-corrected chi connectivity index (χ2v) is 12.8. The molecule has 1 aromatic heterocycles. The fourth-order valence-electron chi connectivity index (χ4n) is 5.52. The number of amides is 3. The molecule has 0 atom stereocenters. The fourth-order valence-corrected chi connectivity index (χ4v) is 6.71. The van der Waals surface area contributed by atoms with Gasteiger partial charge in [0.25, 0.3) is 11.8 Å². The van der Waals surface area contributed by atoms with Crippen molar-refractivity contribution in [3.05, 3.63) is 165 Å². The zero-order valence-corrected chi connectivity index (χ0v) is 29.5. The quantitative estimate of drug-likeness (QED) is 0.101. The molecule has 0 aliphatic carbocycles. The number of aryl methyl sites for hydroxylation is 1. The molecule has 49 heavy (non-hydrogen) atoms. The number of benzene rings is 3. The van der Waals surface area contributed by atoms with Crippen molar-refractivity contribution in [2.45, 2.75) is 26.8 Å². The normalized spacial score (nSPS) is 14.6. The summed E-state index contributed by atoms with van der Waals surface area (Å²) in [5.74, 6) is -1.65. The van der Waals surface area contributed by atoms with Crippen molar-refractivity contribution >= 4 is 63.9 Å². The number of nitrogens with zero attached hydrogens (tertiary/aromatic N) is 3. The highest BCUT2D eigenvalue weighted by Crippen LogP contribution is 2.33. The molecule has 0 saturated carbocycles. The Kier molecular flexibility index (Phi) is 11.6. The van der Waals surface area contributed by atoms with E-state index >= 15 is 0 Å². The lowest BCUT2D eigenvalue weighted by molar-refractivity contribution is -0.126. The van der Waals surface area contributed by atoms with Crippen LogP contribution in [0.3, 0.4) is 0 Å². The molecule has 0 saturated heterocycles. The van der Waals surface area contributed by atoms with Gasteiger partial charge in [-0.1, -0.05) is 127 Å². The van der Waals surface area contributed by atoms with Crippen LogP contribution in [-0.2, 0) is 14.4 Å². The van der Waals surface area contributed by atoms with Gasteiger partial charge >= 0.3 is 0 Å². The molecule has 0 unspecified atom stereocenters. The van der Waals surface area contributed by atoms with Crippen LogP contribution in [0, 0.1) is 13.8 Å². The van der Waals surface area contributed by atoms with Crippen molar-refractivity contribution in [1.29, 1.82) is 0 Å². The van der Waals surface area contributed by atoms with Crippen LogP contribution in [0.25, 0.3) is 11.8 Å². The van der Waals surface area contributed by atoms with E-state index in [-0.39, 0.29) is 28.4 Å². The number of thioether (sulfide) groups is 1. The van der Waals surface area contributed by atoms with Crippen molar-refractivity contribution < 1.29 is 14.4 Å². The van der Waals surface area contributed by atoms with Crippen LogP contribution in [0.15, 0.2) is 132 Å². The highest BCUT2D eigenvalue weighted by Gasteiger charge is 2.35. The Bertz CT molecular complexity index is 1990. The number of aliphatic imine (C=N–C) groups is 1. The third-order valence-electron chi connectivity index (χ3n) is 7.86. The maximum Gasteiger partial charge on any atom is 0.285 e. The first-order chi connectivity index (χ1) is 23.6. The zero-order chi connectivity index (χ0) is 35.1. The number of aromatic nitrogens is 1. The molecule has 3 amide bonds. The maximum absolute atomic E-state index is 14.2. The first-order valence-corrected chi connectivity index (χ1v) is 17.2. The van der Waals surface area contributed by atoms with Gasteiger partial charge in [0.1, 0.15) is 5.57 Å². The Morgan fingerprint density at radius 1 is 0.980 bits per heavy atom. The van der Waals surface area contributed by atoms with Gasteiger partial charge in [-0.3, -0.25) is 19.3 Å². The SMILES string of the molecule is C=C/C=C\C(=C/C)N1C(=O)/C(=C/c2cc(C)n(-c3cccc(Cl)c3Cl)c2C)C(=O)N=C1SCC(=O)NC(c1ccccc1)c1ccccc1. The molecule has 5 rings (SSSR count). The predicted molar refractivity (Wildman–Crippen MR) is 201 cm³/mol. The largest absolute Gasteiger partial charge is 0.344 e. The maximum atomic E-state index is 14.2. The molecular formula is C39H34Cl2N4O3S. The number of rotatable bonds is 10. The number of halogens is 2. The summed E-state index contributed by atoms with van der Waals surface area (Å²) < 4.78 is 1.92. The molecule has 2 heterocycles. The highest BCUT2D eigenvalue weighted by atomic mass is 35.5. The lowest BCUT2D eigenvalue weighted by Crippen LogP contribution is -2.42. The molecule has 1 N–H and O–H groups in total. The van der Waals surface area contributed by atoms with Gasteiger partial charge < -0.3 is 9.88 Å². The molecule has 4 aromatic rings. The lowest BCUT2D eigenvalue weighted by atomic mass is 9.99. The van der Waals surface area contributed by atoms with Crippen LogP contribution in [0.4, 0.5) is 0 Å². The Hall–Kier alpha value is -4.89. The summed E-state index contributed by atoms with van der Waals surface area (Å²) in [5, 5.41) is 4.00. The summed E-state index contributed by atoms with van der Waals surface area (Å²) >= 11 is 13.8. The highest BCUT2D eigenvalue weighted by molar-refractivity contribution is 8.14. The lowest BCUT2D eigenvalue weighted by Gasteiger charge is -2.28. The average molecular weight is 710 g/mol. The second kappa shape index (κ2) is 16.0. The molecule has 10 heteroatoms. The van der Waals surface area contributed by atoms with Crippen molar-refractivity contribution in [1.82, 2.24) is 14.8 Å². The van der Waals surface area contributed by atoms with E-state index in [1.54, 1.807) is 49.4 Å². The van der Waals surface area contributed by atoms with E-state index in [2.05, 4.69) is 16.9 Å². The van der Waals surface area contributed by atoms with E-state index in [4.69, 9.17) is 23.2 Å². The molecule has 248 valence electrons. The first-order valence-electron chi connectivity index (χ1n) is 15.4. The van der Waals surface area contributed by atoms with E-state index in [0.29, 0.717) is 27.0 Å². The van der Waals surface area contributed by atoms with Gasteiger partial charge in [0, 0.05) is 17.1 Å². The predicted octanol–water partition coefficient (Wildman–Crippen LogP) is 8.79. The number of amidine groups is 1. The van der Waals surface area contributed by atoms with Gasteiger partial charge in [0.2, 0.25) is 5.91 Å². The van der Waals surface area contributed by atoms with Crippen LogP contribution >= 0.6 is 35.0 Å². The summed E-state index contributed by atoms with van der Waals surface area (Å²) in [7, 11) is 0. The van der Waals surface area contributed by atoms with Gasteiger partial charge in [-0.05, 0) is 67.8 Å². The smallest absolute Gasteiger partial charge is 0.285 e. The van der Waals surface area contributed by atoms with E-state index in [0.717, 1.165) is 34.3 Å². The average Bonchev–Trinajstić information content (AvgIpc) is 3.39. The summed E-state index contributed by atoms with van der Waals surface area (Å²) in [6.45, 7) is 9.29. The van der Waals surface area contributed by atoms with Crippen LogP contribution in [0.2, 0.25) is 10.0 Å². The van der Waals surface area contributed by atoms with Crippen LogP contribution < -0.4 is 5.32 Å². The fraction of sp³-hybridized carbons (Fsp3) is 0.128. The molecule has 0 bridgehead atoms. The second-order valence-electron chi connectivity index (χ2n) is 11.1. The Balaban J connectivity index is 1.46. The topological polar surface area (TPSA) is 83.8 Å². The Morgan fingerprint density at radius 2 is 1.63 bits per heavy atom. The minimum atomic E-state index is -0.704. The van der Waals surface area contributed by atoms with Crippen LogP contribution in [0.5, 0.6) is 0 Å². The molecule has 0 spiro atoms. The van der Waals surface area contributed by atoms with Gasteiger partial charge in [0.15, 0.2) is 5.17 Å². The van der Waals surface area contributed by atoms with Crippen molar-refractivity contribution in [2.24, 2.45) is 4.99 Å². The Labute approximate surface area is 300 Å². The zero-order valence-electron chi connectivity index (χ0n) is 27.2. The number of allylic oxidation sites excluding steroid dienone is 4. The van der Waals surface area contributed by atoms with Gasteiger partial charge in [-0.2, -0.15) is 4.99 Å². The summed E-state index contributed by atoms with van der Waals surface area (Å²) in [4.78, 5) is 46.8. The minimum absolute atomic E-state index is 0.0885. The molecule has 0 radical (unpaired) electrons. The number of carbonyl (C=O) groups excluding carboxylic acids is 3. The van der Waals surface area contributed by atoms with Gasteiger partial charge in [-0.15, -0.1) is 0 Å². The molecule has 0 fully saturated rings. The number of hydrogen-bond acceptors (Lipinski definition) is 4. The Morgan fingerprint density at radius 3 is 2.24 bits per heavy atom. The van der Waals surface area contributed by atoms with E-state index < -0.39 is 11.8 Å². The standard InChI is InChI=1S/C39H34Cl2N4O3S/c1-5-7-19-30(6-2)45-38(48)31(23-29-22-25(3)44(26(29)4)33-21-14-20-32(40)35(33)41)37(47)43-39(45)49-24-34(46)42-36(27-15-10-8-11-16-27)28-17-12-9-13-18-28/h5-23,36H,1,24H2,2-4H3,(H,42,46)/b19-7-,30-6+,31-23+. The van der Waals surface area contributed by atoms with E-state index in [1.807, 2.05) is 91.2 Å². The molecule has 7 nitrogen and oxygen atoms in total. The molecular weight excluding hydrogens is 675 g/mol. The first kappa shape index (κ1) is 35.4. The monoisotopic (exact) mass is 708 g/mol. The van der Waals surface area contributed by atoms with Crippen molar-refractivity contribution in [2.75, 3.05) is 5.75 Å². The number of hydrogen-bond donors (Lipinski definition) is 1. The third kappa shape index (κ3) is 7.89. The summed E-state index contributed by atoms with van der Waals surface area (Å²) in [5.41, 5.74) is 5.11. The van der Waals surface area contributed by atoms with Crippen LogP contribution in [0.1, 0.15) is 41.0 Å².